The molecule has 130 valence electrons. The Balaban J connectivity index is 1.97. The lowest BCUT2D eigenvalue weighted by Crippen LogP contribution is -2.14. The van der Waals surface area contributed by atoms with Crippen LogP contribution in [0.2, 0.25) is 0 Å². The topological polar surface area (TPSA) is 89.3 Å². The van der Waals surface area contributed by atoms with E-state index in [1.807, 2.05) is 25.1 Å². The maximum Gasteiger partial charge on any atom is 0.411 e. The first kappa shape index (κ1) is 17.8. The van der Waals surface area contributed by atoms with Crippen molar-refractivity contribution in [3.05, 3.63) is 35.5 Å². The molecule has 0 fully saturated rings. The van der Waals surface area contributed by atoms with Gasteiger partial charge in [-0.25, -0.2) is 4.79 Å². The van der Waals surface area contributed by atoms with Crippen molar-refractivity contribution >= 4 is 17.5 Å². The molecule has 2 rings (SSSR count). The molecular formula is C17H24N4O3. The predicted octanol–water partition coefficient (Wildman–Crippen LogP) is 3.90. The Bertz CT molecular complexity index is 670. The molecule has 0 radical (unpaired) electrons. The summed E-state index contributed by atoms with van der Waals surface area (Å²) in [7, 11) is 0. The van der Waals surface area contributed by atoms with Crippen LogP contribution in [-0.4, -0.2) is 22.8 Å². The van der Waals surface area contributed by atoms with Gasteiger partial charge in [0.2, 0.25) is 5.89 Å². The Hall–Kier alpha value is -2.57. The van der Waals surface area contributed by atoms with Gasteiger partial charge in [0.1, 0.15) is 0 Å². The van der Waals surface area contributed by atoms with Crippen molar-refractivity contribution in [1.82, 2.24) is 10.1 Å². The summed E-state index contributed by atoms with van der Waals surface area (Å²) in [5, 5.41) is 9.95. The van der Waals surface area contributed by atoms with Crippen LogP contribution < -0.4 is 10.6 Å². The van der Waals surface area contributed by atoms with Gasteiger partial charge in [-0.3, -0.25) is 5.32 Å². The number of nitrogens with one attached hydrogen (secondary N) is 2. The van der Waals surface area contributed by atoms with E-state index in [-0.39, 0.29) is 0 Å². The van der Waals surface area contributed by atoms with Gasteiger partial charge in [0, 0.05) is 17.8 Å². The molecule has 1 heterocycles. The number of ether oxygens (including phenoxy) is 1. The summed E-state index contributed by atoms with van der Waals surface area (Å²) in [6.45, 7) is 6.58. The van der Waals surface area contributed by atoms with Gasteiger partial charge in [-0.2, -0.15) is 4.98 Å². The Morgan fingerprint density at radius 2 is 2.08 bits per heavy atom. The van der Waals surface area contributed by atoms with Crippen LogP contribution in [0.4, 0.5) is 16.2 Å². The third kappa shape index (κ3) is 4.97. The molecule has 1 aromatic heterocycles. The summed E-state index contributed by atoms with van der Waals surface area (Å²) >= 11 is 0. The van der Waals surface area contributed by atoms with Crippen LogP contribution in [0.1, 0.15) is 44.0 Å². The molecule has 1 aromatic carbocycles. The molecule has 2 N–H and O–H groups in total. The van der Waals surface area contributed by atoms with Crippen molar-refractivity contribution in [2.24, 2.45) is 0 Å². The summed E-state index contributed by atoms with van der Waals surface area (Å²) in [5.74, 6) is 1.28. The van der Waals surface area contributed by atoms with Gasteiger partial charge in [0.25, 0.3) is 0 Å². The normalized spacial score (nSPS) is 10.5. The van der Waals surface area contributed by atoms with Gasteiger partial charge in [0.05, 0.1) is 13.2 Å². The number of aromatic nitrogens is 2. The number of carbonyl (C=O) groups is 1. The van der Waals surface area contributed by atoms with Crippen molar-refractivity contribution in [2.75, 3.05) is 17.2 Å². The number of rotatable bonds is 8. The predicted molar refractivity (Wildman–Crippen MR) is 92.1 cm³/mol. The van der Waals surface area contributed by atoms with Gasteiger partial charge in [-0.05, 0) is 38.0 Å². The smallest absolute Gasteiger partial charge is 0.411 e. The third-order valence-electron chi connectivity index (χ3n) is 3.54. The summed E-state index contributed by atoms with van der Waals surface area (Å²) in [4.78, 5) is 15.9. The molecule has 0 aliphatic rings. The lowest BCUT2D eigenvalue weighted by atomic mass is 10.1. The summed E-state index contributed by atoms with van der Waals surface area (Å²) < 4.78 is 10.1. The van der Waals surface area contributed by atoms with Crippen molar-refractivity contribution in [1.29, 1.82) is 0 Å². The van der Waals surface area contributed by atoms with Gasteiger partial charge in [-0.15, -0.1) is 0 Å². The Morgan fingerprint density at radius 3 is 2.83 bits per heavy atom. The largest absolute Gasteiger partial charge is 0.450 e. The van der Waals surface area contributed by atoms with E-state index in [2.05, 4.69) is 27.7 Å². The fourth-order valence-corrected chi connectivity index (χ4v) is 2.21. The highest BCUT2D eigenvalue weighted by molar-refractivity contribution is 5.87. The van der Waals surface area contributed by atoms with Crippen LogP contribution in [0.15, 0.2) is 22.7 Å². The number of unbranched alkanes of at least 4 members (excludes halogenated alkanes) is 1. The highest BCUT2D eigenvalue weighted by atomic mass is 16.5. The van der Waals surface area contributed by atoms with E-state index in [1.54, 1.807) is 6.92 Å². The quantitative estimate of drug-likeness (QED) is 0.762. The molecule has 24 heavy (non-hydrogen) atoms. The fraction of sp³-hybridized carbons (Fsp3) is 0.471. The number of anilines is 2. The number of nitrogens with zero attached hydrogens (tertiary/aromatic N) is 2. The average molecular weight is 332 g/mol. The molecule has 0 unspecified atom stereocenters. The van der Waals surface area contributed by atoms with Crippen molar-refractivity contribution in [3.8, 4) is 0 Å². The maximum absolute atomic E-state index is 11.6. The first-order chi connectivity index (χ1) is 11.6. The highest BCUT2D eigenvalue weighted by Gasteiger charge is 2.10. The SMILES string of the molecule is CCCCc1noc(CNc2cccc(NC(=O)OCC)c2C)n1. The molecule has 0 bridgehead atoms. The van der Waals surface area contributed by atoms with E-state index >= 15 is 0 Å². The second-order valence-electron chi connectivity index (χ2n) is 5.39. The van der Waals surface area contributed by atoms with E-state index in [0.29, 0.717) is 24.7 Å². The first-order valence-electron chi connectivity index (χ1n) is 8.22. The van der Waals surface area contributed by atoms with Crippen molar-refractivity contribution < 1.29 is 14.1 Å². The Kier molecular flexibility index (Phi) is 6.60. The second-order valence-corrected chi connectivity index (χ2v) is 5.39. The molecule has 7 heteroatoms. The molecule has 0 aliphatic heterocycles. The van der Waals surface area contributed by atoms with Crippen LogP contribution in [0.25, 0.3) is 0 Å². The summed E-state index contributed by atoms with van der Waals surface area (Å²) in [6.07, 6.45) is 2.52. The summed E-state index contributed by atoms with van der Waals surface area (Å²) in [5.41, 5.74) is 2.50. The van der Waals surface area contributed by atoms with E-state index in [0.717, 1.165) is 36.3 Å². The van der Waals surface area contributed by atoms with Gasteiger partial charge in [-0.1, -0.05) is 24.6 Å². The van der Waals surface area contributed by atoms with E-state index < -0.39 is 6.09 Å². The molecular weight excluding hydrogens is 308 g/mol. The minimum Gasteiger partial charge on any atom is -0.450 e. The fourth-order valence-electron chi connectivity index (χ4n) is 2.21. The van der Waals surface area contributed by atoms with E-state index in [1.165, 1.54) is 0 Å². The lowest BCUT2D eigenvalue weighted by Gasteiger charge is -2.13. The number of hydrogen-bond donors (Lipinski definition) is 2. The number of hydrogen-bond acceptors (Lipinski definition) is 6. The minimum atomic E-state index is -0.463. The highest BCUT2D eigenvalue weighted by Crippen LogP contribution is 2.24. The van der Waals surface area contributed by atoms with Crippen molar-refractivity contribution in [3.63, 3.8) is 0 Å². The van der Waals surface area contributed by atoms with E-state index in [4.69, 9.17) is 9.26 Å². The molecule has 0 saturated carbocycles. The zero-order valence-corrected chi connectivity index (χ0v) is 14.4. The summed E-state index contributed by atoms with van der Waals surface area (Å²) in [6, 6.07) is 5.62. The van der Waals surface area contributed by atoms with E-state index in [9.17, 15) is 4.79 Å². The zero-order chi connectivity index (χ0) is 17.4. The Morgan fingerprint density at radius 1 is 1.29 bits per heavy atom. The number of amides is 1. The zero-order valence-electron chi connectivity index (χ0n) is 14.4. The standard InChI is InChI=1S/C17H24N4O3/c1-4-6-10-15-20-16(24-21-15)11-18-13-8-7-9-14(12(13)3)19-17(22)23-5-2/h7-9,18H,4-6,10-11H2,1-3H3,(H,19,22). The van der Waals surface area contributed by atoms with Crippen LogP contribution >= 0.6 is 0 Å². The maximum atomic E-state index is 11.6. The van der Waals surface area contributed by atoms with Gasteiger partial charge < -0.3 is 14.6 Å². The molecule has 2 aromatic rings. The molecule has 0 spiro atoms. The molecule has 0 aliphatic carbocycles. The molecule has 1 amide bonds. The molecule has 7 nitrogen and oxygen atoms in total. The number of carbonyl (C=O) groups excluding carboxylic acids is 1. The lowest BCUT2D eigenvalue weighted by molar-refractivity contribution is 0.168. The average Bonchev–Trinajstić information content (AvgIpc) is 3.02. The first-order valence-corrected chi connectivity index (χ1v) is 8.22. The minimum absolute atomic E-state index is 0.334. The number of benzene rings is 1. The molecule has 0 saturated heterocycles. The van der Waals surface area contributed by atoms with Crippen LogP contribution in [0.5, 0.6) is 0 Å². The molecule has 0 atom stereocenters. The monoisotopic (exact) mass is 332 g/mol. The van der Waals surface area contributed by atoms with Crippen LogP contribution in [0, 0.1) is 6.92 Å². The van der Waals surface area contributed by atoms with Crippen molar-refractivity contribution in [2.45, 2.75) is 46.6 Å². The van der Waals surface area contributed by atoms with Gasteiger partial charge >= 0.3 is 6.09 Å². The second kappa shape index (κ2) is 8.90. The van der Waals surface area contributed by atoms with Gasteiger partial charge in [0.15, 0.2) is 5.82 Å². The Labute approximate surface area is 141 Å². The third-order valence-corrected chi connectivity index (χ3v) is 3.54. The number of aryl methyl sites for hydroxylation is 1. The van der Waals surface area contributed by atoms with Crippen LogP contribution in [-0.2, 0) is 17.7 Å². The van der Waals surface area contributed by atoms with Crippen LogP contribution in [0.3, 0.4) is 0 Å².